The highest BCUT2D eigenvalue weighted by Gasteiger charge is 2.56. The van der Waals surface area contributed by atoms with Gasteiger partial charge >= 0.3 is 6.09 Å². The molecule has 0 aromatic carbocycles. The predicted molar refractivity (Wildman–Crippen MR) is 82.0 cm³/mol. The molecule has 1 amide bonds. The van der Waals surface area contributed by atoms with Crippen LogP contribution in [0.25, 0.3) is 0 Å². The topological polar surface area (TPSA) is 46.6 Å². The van der Waals surface area contributed by atoms with Crippen LogP contribution < -0.4 is 0 Å². The summed E-state index contributed by atoms with van der Waals surface area (Å²) >= 11 is 0. The number of amides is 1. The average Bonchev–Trinajstić information content (AvgIpc) is 2.37. The Kier molecular flexibility index (Phi) is 4.11. The first-order valence-corrected chi connectivity index (χ1v) is 7.99. The highest BCUT2D eigenvalue weighted by molar-refractivity contribution is 5.73. The smallest absolute Gasteiger partial charge is 0.410 e. The summed E-state index contributed by atoms with van der Waals surface area (Å²) in [6.45, 7) is 10.1. The molecule has 3 saturated carbocycles. The lowest BCUT2D eigenvalue weighted by atomic mass is 9.44. The van der Waals surface area contributed by atoms with Gasteiger partial charge in [0.05, 0.1) is 6.04 Å². The fourth-order valence-electron chi connectivity index (χ4n) is 4.21. The van der Waals surface area contributed by atoms with E-state index in [4.69, 9.17) is 4.74 Å². The second kappa shape index (κ2) is 5.29. The molecular weight excluding hydrogens is 266 g/mol. The van der Waals surface area contributed by atoms with Gasteiger partial charge in [0.25, 0.3) is 0 Å². The van der Waals surface area contributed by atoms with Crippen molar-refractivity contribution in [3.05, 3.63) is 0 Å². The molecule has 4 heteroatoms. The van der Waals surface area contributed by atoms with Gasteiger partial charge in [0.2, 0.25) is 0 Å². The van der Waals surface area contributed by atoms with Crippen molar-refractivity contribution < 1.29 is 14.3 Å². The Labute approximate surface area is 128 Å². The Hall–Kier alpha value is -1.06. The molecule has 0 aliphatic heterocycles. The predicted octanol–water partition coefficient (Wildman–Crippen LogP) is 3.49. The van der Waals surface area contributed by atoms with Crippen LogP contribution in [0.15, 0.2) is 0 Å². The number of rotatable bonds is 3. The van der Waals surface area contributed by atoms with Gasteiger partial charge in [-0.3, -0.25) is 0 Å². The van der Waals surface area contributed by atoms with Crippen LogP contribution in [-0.2, 0) is 9.53 Å². The summed E-state index contributed by atoms with van der Waals surface area (Å²) in [4.78, 5) is 25.4. The number of aldehydes is 1. The molecule has 4 atom stereocenters. The maximum Gasteiger partial charge on any atom is 0.410 e. The molecule has 0 saturated heterocycles. The van der Waals surface area contributed by atoms with Crippen molar-refractivity contribution in [2.45, 2.75) is 65.5 Å². The van der Waals surface area contributed by atoms with E-state index in [1.807, 2.05) is 20.8 Å². The van der Waals surface area contributed by atoms with Gasteiger partial charge in [-0.15, -0.1) is 0 Å². The summed E-state index contributed by atoms with van der Waals surface area (Å²) in [6, 6.07) is -0.370. The molecule has 0 aromatic heterocycles. The van der Waals surface area contributed by atoms with Gasteiger partial charge in [0.15, 0.2) is 0 Å². The molecule has 2 bridgehead atoms. The molecule has 2 unspecified atom stereocenters. The zero-order chi connectivity index (χ0) is 16.0. The lowest BCUT2D eigenvalue weighted by molar-refractivity contribution is -0.136. The van der Waals surface area contributed by atoms with Crippen LogP contribution in [0.2, 0.25) is 0 Å². The van der Waals surface area contributed by atoms with Crippen LogP contribution in [0.4, 0.5) is 4.79 Å². The summed E-state index contributed by atoms with van der Waals surface area (Å²) in [5.74, 6) is 1.59. The minimum atomic E-state index is -0.536. The molecule has 0 heterocycles. The summed E-state index contributed by atoms with van der Waals surface area (Å²) < 4.78 is 5.40. The molecule has 3 aliphatic carbocycles. The summed E-state index contributed by atoms with van der Waals surface area (Å²) in [5.41, 5.74) is -0.231. The van der Waals surface area contributed by atoms with Crippen molar-refractivity contribution in [3.63, 3.8) is 0 Å². The van der Waals surface area contributed by atoms with Crippen LogP contribution in [0.3, 0.4) is 0 Å². The van der Waals surface area contributed by atoms with E-state index in [2.05, 4.69) is 13.8 Å². The van der Waals surface area contributed by atoms with E-state index < -0.39 is 11.7 Å². The molecule has 3 aliphatic rings. The third kappa shape index (κ3) is 2.95. The number of hydrogen-bond acceptors (Lipinski definition) is 3. The van der Waals surface area contributed by atoms with E-state index in [9.17, 15) is 9.59 Å². The van der Waals surface area contributed by atoms with Crippen molar-refractivity contribution >= 4 is 12.4 Å². The molecule has 120 valence electrons. The van der Waals surface area contributed by atoms with Crippen molar-refractivity contribution in [1.29, 1.82) is 0 Å². The minimum Gasteiger partial charge on any atom is -0.444 e. The number of carbonyl (C=O) groups excluding carboxylic acids is 2. The lowest BCUT2D eigenvalue weighted by Crippen LogP contribution is -2.58. The number of nitrogens with zero attached hydrogens (tertiary/aromatic N) is 1. The number of hydrogen-bond donors (Lipinski definition) is 0. The third-order valence-corrected chi connectivity index (χ3v) is 5.62. The minimum absolute atomic E-state index is 0.264. The fraction of sp³-hybridized carbons (Fsp3) is 0.882. The highest BCUT2D eigenvalue weighted by Crippen LogP contribution is 2.62. The summed E-state index contributed by atoms with van der Waals surface area (Å²) in [5, 5.41) is 0. The average molecular weight is 295 g/mol. The lowest BCUT2D eigenvalue weighted by Gasteiger charge is -2.61. The van der Waals surface area contributed by atoms with Crippen LogP contribution >= 0.6 is 0 Å². The highest BCUT2D eigenvalue weighted by atomic mass is 16.6. The van der Waals surface area contributed by atoms with Crippen molar-refractivity contribution in [3.8, 4) is 0 Å². The fourth-order valence-corrected chi connectivity index (χ4v) is 4.21. The largest absolute Gasteiger partial charge is 0.444 e. The molecule has 3 fully saturated rings. The molecule has 21 heavy (non-hydrogen) atoms. The van der Waals surface area contributed by atoms with Gasteiger partial charge in [0, 0.05) is 7.05 Å². The van der Waals surface area contributed by atoms with E-state index in [0.29, 0.717) is 11.3 Å². The first-order valence-electron chi connectivity index (χ1n) is 7.99. The normalized spacial score (nSPS) is 31.8. The van der Waals surface area contributed by atoms with Crippen LogP contribution in [-0.4, -0.2) is 36.0 Å². The van der Waals surface area contributed by atoms with Crippen LogP contribution in [0.1, 0.15) is 53.9 Å². The quantitative estimate of drug-likeness (QED) is 0.749. The van der Waals surface area contributed by atoms with E-state index >= 15 is 0 Å². The van der Waals surface area contributed by atoms with Gasteiger partial charge in [-0.25, -0.2) is 4.79 Å². The molecule has 3 rings (SSSR count). The Morgan fingerprint density at radius 1 is 1.33 bits per heavy atom. The number of ether oxygens (including phenoxy) is 1. The Bertz CT molecular complexity index is 422. The van der Waals surface area contributed by atoms with Gasteiger partial charge in [0.1, 0.15) is 11.9 Å². The van der Waals surface area contributed by atoms with E-state index in [-0.39, 0.29) is 12.0 Å². The van der Waals surface area contributed by atoms with Gasteiger partial charge in [-0.05, 0) is 63.2 Å². The molecule has 0 N–H and O–H groups in total. The molecule has 0 radical (unpaired) electrons. The number of carbonyl (C=O) groups is 2. The first kappa shape index (κ1) is 16.3. The molecule has 4 nitrogen and oxygen atoms in total. The summed E-state index contributed by atoms with van der Waals surface area (Å²) in [7, 11) is 1.69. The van der Waals surface area contributed by atoms with Crippen LogP contribution in [0.5, 0.6) is 0 Å². The summed E-state index contributed by atoms with van der Waals surface area (Å²) in [6.07, 6.45) is 3.93. The van der Waals surface area contributed by atoms with Gasteiger partial charge < -0.3 is 14.4 Å². The molecule has 0 aromatic rings. The van der Waals surface area contributed by atoms with Gasteiger partial charge in [-0.1, -0.05) is 13.8 Å². The number of fused-ring (bicyclic) bond motifs is 2. The monoisotopic (exact) mass is 295 g/mol. The second-order valence-corrected chi connectivity index (χ2v) is 8.32. The van der Waals surface area contributed by atoms with Crippen LogP contribution in [0, 0.1) is 23.2 Å². The third-order valence-electron chi connectivity index (χ3n) is 5.62. The standard InChI is InChI=1S/C17H29NO3/c1-16(2,3)21-15(20)18(6)14(10-19)12-8-7-11-9-13(12)17(11,4)5/h10-14H,7-9H2,1-6H3/t11-,12?,13-,14?/m0/s1. The van der Waals surface area contributed by atoms with Crippen molar-refractivity contribution in [2.24, 2.45) is 23.2 Å². The van der Waals surface area contributed by atoms with E-state index in [0.717, 1.165) is 18.6 Å². The first-order chi connectivity index (χ1) is 9.58. The van der Waals surface area contributed by atoms with E-state index in [1.54, 1.807) is 7.05 Å². The maximum absolute atomic E-state index is 12.2. The van der Waals surface area contributed by atoms with Crippen molar-refractivity contribution in [1.82, 2.24) is 4.90 Å². The van der Waals surface area contributed by atoms with Gasteiger partial charge in [-0.2, -0.15) is 0 Å². The molecular formula is C17H29NO3. The SMILES string of the molecule is CN(C(=O)OC(C)(C)C)C(C=O)C1CC[C@H]2C[C@@H]1C2(C)C. The maximum atomic E-state index is 12.2. The Morgan fingerprint density at radius 3 is 2.38 bits per heavy atom. The number of likely N-dealkylation sites (N-methyl/N-ethyl adjacent to an activating group) is 1. The van der Waals surface area contributed by atoms with E-state index in [1.165, 1.54) is 17.7 Å². The van der Waals surface area contributed by atoms with Crippen molar-refractivity contribution in [2.75, 3.05) is 7.05 Å². The second-order valence-electron chi connectivity index (χ2n) is 8.32. The Morgan fingerprint density at radius 2 is 1.95 bits per heavy atom. The Balaban J connectivity index is 2.09. The molecule has 0 spiro atoms. The zero-order valence-electron chi connectivity index (χ0n) is 14.2. The zero-order valence-corrected chi connectivity index (χ0v) is 14.2.